The Morgan fingerprint density at radius 3 is 2.75 bits per heavy atom. The first-order valence-corrected chi connectivity index (χ1v) is 7.05. The van der Waals surface area contributed by atoms with E-state index in [-0.39, 0.29) is 0 Å². The van der Waals surface area contributed by atoms with Crippen molar-refractivity contribution in [2.75, 3.05) is 45.4 Å². The molecule has 1 rings (SSSR count). The number of hydrogen-bond donors (Lipinski definition) is 1. The molecule has 1 heterocycles. The second-order valence-corrected chi connectivity index (χ2v) is 4.41. The van der Waals surface area contributed by atoms with E-state index in [1.54, 1.807) is 7.11 Å². The zero-order valence-corrected chi connectivity index (χ0v) is 12.6. The number of rotatable bonds is 11. The SMILES string of the molecule is CCCNc1nc(C)cc(OCCOCCCOC)n1. The largest absolute Gasteiger partial charge is 0.475 e. The van der Waals surface area contributed by atoms with Crippen molar-refractivity contribution < 1.29 is 14.2 Å². The van der Waals surface area contributed by atoms with Gasteiger partial charge in [0.05, 0.1) is 6.61 Å². The van der Waals surface area contributed by atoms with E-state index in [1.807, 2.05) is 13.0 Å². The van der Waals surface area contributed by atoms with Crippen molar-refractivity contribution in [1.82, 2.24) is 9.97 Å². The Morgan fingerprint density at radius 1 is 1.15 bits per heavy atom. The maximum atomic E-state index is 5.57. The van der Waals surface area contributed by atoms with Gasteiger partial charge in [0, 0.05) is 38.6 Å². The molecule has 0 saturated heterocycles. The number of nitrogens with one attached hydrogen (secondary N) is 1. The number of aryl methyl sites for hydroxylation is 1. The van der Waals surface area contributed by atoms with Crippen molar-refractivity contribution in [3.8, 4) is 5.88 Å². The Bertz CT molecular complexity index is 375. The third-order valence-electron chi connectivity index (χ3n) is 2.48. The van der Waals surface area contributed by atoms with Crippen LogP contribution in [0, 0.1) is 6.92 Å². The summed E-state index contributed by atoms with van der Waals surface area (Å²) in [6.45, 7) is 7.31. The Balaban J connectivity index is 2.26. The molecule has 6 nitrogen and oxygen atoms in total. The topological polar surface area (TPSA) is 65.5 Å². The van der Waals surface area contributed by atoms with Crippen molar-refractivity contribution in [2.45, 2.75) is 26.7 Å². The molecule has 114 valence electrons. The summed E-state index contributed by atoms with van der Waals surface area (Å²) in [6.07, 6.45) is 1.93. The van der Waals surface area contributed by atoms with Gasteiger partial charge in [-0.1, -0.05) is 6.92 Å². The molecule has 0 atom stereocenters. The van der Waals surface area contributed by atoms with Crippen LogP contribution in [-0.2, 0) is 9.47 Å². The van der Waals surface area contributed by atoms with Gasteiger partial charge in [-0.2, -0.15) is 4.98 Å². The average Bonchev–Trinajstić information content (AvgIpc) is 2.43. The summed E-state index contributed by atoms with van der Waals surface area (Å²) in [5, 5.41) is 3.15. The minimum absolute atomic E-state index is 0.483. The van der Waals surface area contributed by atoms with Gasteiger partial charge in [0.25, 0.3) is 0 Å². The van der Waals surface area contributed by atoms with Crippen molar-refractivity contribution in [2.24, 2.45) is 0 Å². The number of nitrogens with zero attached hydrogens (tertiary/aromatic N) is 2. The average molecular weight is 283 g/mol. The van der Waals surface area contributed by atoms with Crippen LogP contribution in [0.2, 0.25) is 0 Å². The predicted molar refractivity (Wildman–Crippen MR) is 78.4 cm³/mol. The molecule has 1 N–H and O–H groups in total. The number of anilines is 1. The molecule has 0 aromatic carbocycles. The predicted octanol–water partition coefficient (Wildman–Crippen LogP) is 2.04. The van der Waals surface area contributed by atoms with Crippen LogP contribution in [0.5, 0.6) is 5.88 Å². The maximum Gasteiger partial charge on any atom is 0.226 e. The quantitative estimate of drug-likeness (QED) is 0.627. The summed E-state index contributed by atoms with van der Waals surface area (Å²) in [4.78, 5) is 8.60. The molecule has 0 unspecified atom stereocenters. The maximum absolute atomic E-state index is 5.57. The minimum Gasteiger partial charge on any atom is -0.475 e. The fourth-order valence-corrected chi connectivity index (χ4v) is 1.54. The van der Waals surface area contributed by atoms with Gasteiger partial charge in [0.15, 0.2) is 0 Å². The number of methoxy groups -OCH3 is 1. The Kier molecular flexibility index (Phi) is 8.66. The van der Waals surface area contributed by atoms with Crippen molar-refractivity contribution in [1.29, 1.82) is 0 Å². The van der Waals surface area contributed by atoms with Crippen molar-refractivity contribution in [3.63, 3.8) is 0 Å². The Labute approximate surface area is 120 Å². The highest BCUT2D eigenvalue weighted by molar-refractivity contribution is 5.30. The summed E-state index contributed by atoms with van der Waals surface area (Å²) in [6, 6.07) is 1.82. The normalized spacial score (nSPS) is 10.6. The molecule has 0 spiro atoms. The van der Waals surface area contributed by atoms with Crippen LogP contribution in [0.15, 0.2) is 6.07 Å². The highest BCUT2D eigenvalue weighted by atomic mass is 16.5. The van der Waals surface area contributed by atoms with E-state index < -0.39 is 0 Å². The van der Waals surface area contributed by atoms with Crippen LogP contribution in [-0.4, -0.2) is 50.1 Å². The molecule has 0 aliphatic rings. The molecular formula is C14H25N3O3. The van der Waals surface area contributed by atoms with E-state index in [0.29, 0.717) is 31.6 Å². The van der Waals surface area contributed by atoms with E-state index in [2.05, 4.69) is 22.2 Å². The van der Waals surface area contributed by atoms with Gasteiger partial charge in [-0.05, 0) is 19.8 Å². The summed E-state index contributed by atoms with van der Waals surface area (Å²) in [7, 11) is 1.69. The summed E-state index contributed by atoms with van der Waals surface area (Å²) < 4.78 is 15.9. The molecular weight excluding hydrogens is 258 g/mol. The summed E-state index contributed by atoms with van der Waals surface area (Å²) >= 11 is 0. The molecule has 0 radical (unpaired) electrons. The van der Waals surface area contributed by atoms with Gasteiger partial charge in [-0.15, -0.1) is 0 Å². The van der Waals surface area contributed by atoms with Crippen LogP contribution in [0.25, 0.3) is 0 Å². The van der Waals surface area contributed by atoms with E-state index in [0.717, 1.165) is 31.7 Å². The first-order chi connectivity index (χ1) is 9.76. The first kappa shape index (κ1) is 16.7. The van der Waals surface area contributed by atoms with Gasteiger partial charge in [-0.3, -0.25) is 0 Å². The number of ether oxygens (including phenoxy) is 3. The molecule has 0 amide bonds. The fourth-order valence-electron chi connectivity index (χ4n) is 1.54. The Hall–Kier alpha value is -1.40. The molecule has 0 aliphatic heterocycles. The van der Waals surface area contributed by atoms with Crippen LogP contribution in [0.1, 0.15) is 25.5 Å². The lowest BCUT2D eigenvalue weighted by Crippen LogP contribution is -2.11. The Morgan fingerprint density at radius 2 is 2.00 bits per heavy atom. The van der Waals surface area contributed by atoms with Crippen LogP contribution in [0.4, 0.5) is 5.95 Å². The van der Waals surface area contributed by atoms with Gasteiger partial charge in [0.2, 0.25) is 11.8 Å². The molecule has 0 bridgehead atoms. The third kappa shape index (κ3) is 7.25. The summed E-state index contributed by atoms with van der Waals surface area (Å²) in [5.74, 6) is 1.19. The standard InChI is InChI=1S/C14H25N3O3/c1-4-6-15-14-16-12(2)11-13(17-14)20-10-9-19-8-5-7-18-3/h11H,4-10H2,1-3H3,(H,15,16,17). The molecule has 0 saturated carbocycles. The fraction of sp³-hybridized carbons (Fsp3) is 0.714. The highest BCUT2D eigenvalue weighted by Gasteiger charge is 2.02. The smallest absolute Gasteiger partial charge is 0.226 e. The van der Waals surface area contributed by atoms with Gasteiger partial charge in [-0.25, -0.2) is 4.98 Å². The molecule has 1 aromatic heterocycles. The molecule has 0 fully saturated rings. The van der Waals surface area contributed by atoms with E-state index >= 15 is 0 Å². The zero-order valence-electron chi connectivity index (χ0n) is 12.6. The minimum atomic E-state index is 0.483. The third-order valence-corrected chi connectivity index (χ3v) is 2.48. The molecule has 1 aromatic rings. The van der Waals surface area contributed by atoms with Crippen LogP contribution >= 0.6 is 0 Å². The number of hydrogen-bond acceptors (Lipinski definition) is 6. The second-order valence-electron chi connectivity index (χ2n) is 4.41. The van der Waals surface area contributed by atoms with Gasteiger partial charge in [0.1, 0.15) is 6.61 Å². The van der Waals surface area contributed by atoms with E-state index in [4.69, 9.17) is 14.2 Å². The molecule has 0 aliphatic carbocycles. The van der Waals surface area contributed by atoms with Crippen LogP contribution < -0.4 is 10.1 Å². The van der Waals surface area contributed by atoms with Gasteiger partial charge < -0.3 is 19.5 Å². The lowest BCUT2D eigenvalue weighted by atomic mass is 10.4. The number of aromatic nitrogens is 2. The zero-order chi connectivity index (χ0) is 14.6. The second kappa shape index (κ2) is 10.4. The lowest BCUT2D eigenvalue weighted by Gasteiger charge is -2.09. The molecule has 6 heteroatoms. The monoisotopic (exact) mass is 283 g/mol. The molecule has 20 heavy (non-hydrogen) atoms. The highest BCUT2D eigenvalue weighted by Crippen LogP contribution is 2.11. The van der Waals surface area contributed by atoms with E-state index in [9.17, 15) is 0 Å². The lowest BCUT2D eigenvalue weighted by molar-refractivity contribution is 0.0795. The van der Waals surface area contributed by atoms with Gasteiger partial charge >= 0.3 is 0 Å². The first-order valence-electron chi connectivity index (χ1n) is 7.05. The van der Waals surface area contributed by atoms with Crippen LogP contribution in [0.3, 0.4) is 0 Å². The summed E-state index contributed by atoms with van der Waals surface area (Å²) in [5.41, 5.74) is 0.884. The van der Waals surface area contributed by atoms with Crippen molar-refractivity contribution in [3.05, 3.63) is 11.8 Å². The van der Waals surface area contributed by atoms with E-state index in [1.165, 1.54) is 0 Å². The van der Waals surface area contributed by atoms with Crippen molar-refractivity contribution >= 4 is 5.95 Å².